The van der Waals surface area contributed by atoms with Crippen LogP contribution in [0.25, 0.3) is 11.1 Å². The van der Waals surface area contributed by atoms with Crippen LogP contribution in [0.4, 0.5) is 5.69 Å². The van der Waals surface area contributed by atoms with Crippen molar-refractivity contribution in [3.05, 3.63) is 54.1 Å². The van der Waals surface area contributed by atoms with Crippen molar-refractivity contribution in [2.45, 2.75) is 11.8 Å². The summed E-state index contributed by atoms with van der Waals surface area (Å²) in [6, 6.07) is 14.6. The number of carbonyl (C=O) groups is 1. The van der Waals surface area contributed by atoms with E-state index in [0.717, 1.165) is 11.1 Å². The molecule has 1 atom stereocenters. The molecule has 0 bridgehead atoms. The Bertz CT molecular complexity index is 606. The van der Waals surface area contributed by atoms with E-state index in [1.807, 2.05) is 36.4 Å². The monoisotopic (exact) mass is 275 g/mol. The molecule has 0 aromatic heterocycles. The number of para-hydroxylation sites is 1. The molecule has 0 fully saturated rings. The van der Waals surface area contributed by atoms with Gasteiger partial charge in [-0.05, 0) is 24.1 Å². The number of hydrogen-bond donors (Lipinski definition) is 2. The van der Waals surface area contributed by atoms with Gasteiger partial charge in [-0.25, -0.2) is 4.79 Å². The number of alkyl halides is 1. The fourth-order valence-corrected chi connectivity index (χ4v) is 1.97. The number of halogens is 1. The number of anilines is 1. The minimum atomic E-state index is -1.42. The van der Waals surface area contributed by atoms with Crippen LogP contribution in [0.5, 0.6) is 0 Å². The molecule has 2 aromatic rings. The van der Waals surface area contributed by atoms with Gasteiger partial charge in [-0.1, -0.05) is 42.5 Å². The highest BCUT2D eigenvalue weighted by Gasteiger charge is 2.32. The highest BCUT2D eigenvalue weighted by atomic mass is 35.5. The fraction of sp³-hybridized carbons (Fsp3) is 0.133. The van der Waals surface area contributed by atoms with Crippen molar-refractivity contribution in [2.75, 3.05) is 5.73 Å². The predicted octanol–water partition coefficient (Wildman–Crippen LogP) is 3.47. The van der Waals surface area contributed by atoms with Crippen LogP contribution in [-0.2, 0) is 9.67 Å². The molecular formula is C15H14ClNO2. The Morgan fingerprint density at radius 3 is 2.26 bits per heavy atom. The van der Waals surface area contributed by atoms with E-state index in [0.29, 0.717) is 11.3 Å². The van der Waals surface area contributed by atoms with Crippen molar-refractivity contribution in [3.63, 3.8) is 0 Å². The van der Waals surface area contributed by atoms with Crippen LogP contribution in [0, 0.1) is 0 Å². The Balaban J connectivity index is 2.40. The van der Waals surface area contributed by atoms with Gasteiger partial charge in [0.1, 0.15) is 0 Å². The molecule has 0 saturated carbocycles. The van der Waals surface area contributed by atoms with Gasteiger partial charge in [0.15, 0.2) is 4.87 Å². The van der Waals surface area contributed by atoms with Gasteiger partial charge in [0.05, 0.1) is 0 Å². The van der Waals surface area contributed by atoms with Crippen LogP contribution in [0.2, 0.25) is 0 Å². The largest absolute Gasteiger partial charge is 0.480 e. The lowest BCUT2D eigenvalue weighted by atomic mass is 9.96. The number of benzene rings is 2. The highest BCUT2D eigenvalue weighted by molar-refractivity contribution is 6.33. The lowest BCUT2D eigenvalue weighted by molar-refractivity contribution is -0.139. The van der Waals surface area contributed by atoms with Gasteiger partial charge in [-0.2, -0.15) is 0 Å². The summed E-state index contributed by atoms with van der Waals surface area (Å²) in [7, 11) is 0. The van der Waals surface area contributed by atoms with Crippen LogP contribution < -0.4 is 5.73 Å². The van der Waals surface area contributed by atoms with E-state index in [1.165, 1.54) is 6.92 Å². The fourth-order valence-electron chi connectivity index (χ4n) is 1.85. The topological polar surface area (TPSA) is 63.3 Å². The van der Waals surface area contributed by atoms with Gasteiger partial charge in [-0.15, -0.1) is 11.6 Å². The minimum absolute atomic E-state index is 0.542. The zero-order valence-corrected chi connectivity index (χ0v) is 11.2. The summed E-state index contributed by atoms with van der Waals surface area (Å²) in [5.41, 5.74) is 8.98. The van der Waals surface area contributed by atoms with Gasteiger partial charge in [0, 0.05) is 11.3 Å². The number of rotatable bonds is 3. The first kappa shape index (κ1) is 13.4. The van der Waals surface area contributed by atoms with E-state index >= 15 is 0 Å². The SMILES string of the molecule is CC(Cl)(C(=O)O)c1ccc(-c2ccccc2N)cc1. The maximum absolute atomic E-state index is 11.1. The summed E-state index contributed by atoms with van der Waals surface area (Å²) in [6.45, 7) is 1.46. The molecule has 0 aliphatic carbocycles. The van der Waals surface area contributed by atoms with E-state index in [9.17, 15) is 4.79 Å². The molecule has 0 heterocycles. The van der Waals surface area contributed by atoms with Crippen molar-refractivity contribution in [1.29, 1.82) is 0 Å². The Morgan fingerprint density at radius 2 is 1.74 bits per heavy atom. The molecule has 19 heavy (non-hydrogen) atoms. The lowest BCUT2D eigenvalue weighted by Crippen LogP contribution is -2.25. The van der Waals surface area contributed by atoms with Crippen molar-refractivity contribution in [2.24, 2.45) is 0 Å². The molecule has 0 aliphatic rings. The summed E-state index contributed by atoms with van der Waals surface area (Å²) in [5, 5.41) is 9.07. The molecule has 3 nitrogen and oxygen atoms in total. The van der Waals surface area contributed by atoms with Gasteiger partial charge >= 0.3 is 5.97 Å². The molecule has 0 amide bonds. The second-order valence-corrected chi connectivity index (χ2v) is 5.23. The molecule has 98 valence electrons. The first-order valence-corrected chi connectivity index (χ1v) is 6.18. The average Bonchev–Trinajstić information content (AvgIpc) is 2.39. The predicted molar refractivity (Wildman–Crippen MR) is 77.1 cm³/mol. The quantitative estimate of drug-likeness (QED) is 0.666. The zero-order valence-electron chi connectivity index (χ0n) is 10.4. The van der Waals surface area contributed by atoms with Crippen molar-refractivity contribution in [1.82, 2.24) is 0 Å². The molecule has 2 rings (SSSR count). The van der Waals surface area contributed by atoms with Gasteiger partial charge < -0.3 is 10.8 Å². The van der Waals surface area contributed by atoms with E-state index in [2.05, 4.69) is 0 Å². The number of nitrogen functional groups attached to an aromatic ring is 1. The van der Waals surface area contributed by atoms with Crippen LogP contribution >= 0.6 is 11.6 Å². The van der Waals surface area contributed by atoms with Crippen molar-refractivity contribution >= 4 is 23.3 Å². The summed E-state index contributed by atoms with van der Waals surface area (Å²) in [6.07, 6.45) is 0. The number of nitrogens with two attached hydrogens (primary N) is 1. The van der Waals surface area contributed by atoms with E-state index in [1.54, 1.807) is 12.1 Å². The van der Waals surface area contributed by atoms with Gasteiger partial charge in [-0.3, -0.25) is 0 Å². The van der Waals surface area contributed by atoms with Crippen molar-refractivity contribution in [3.8, 4) is 11.1 Å². The Labute approximate surface area is 116 Å². The minimum Gasteiger partial charge on any atom is -0.480 e. The number of carboxylic acid groups (broad SMARTS) is 1. The molecule has 0 saturated heterocycles. The molecule has 3 N–H and O–H groups in total. The van der Waals surface area contributed by atoms with E-state index < -0.39 is 10.8 Å². The molecule has 2 aromatic carbocycles. The summed E-state index contributed by atoms with van der Waals surface area (Å²) in [4.78, 5) is 9.66. The first-order chi connectivity index (χ1) is 8.93. The third-order valence-corrected chi connectivity index (χ3v) is 3.48. The average molecular weight is 276 g/mol. The van der Waals surface area contributed by atoms with Crippen LogP contribution in [0.1, 0.15) is 12.5 Å². The molecule has 0 aliphatic heterocycles. The second kappa shape index (κ2) is 4.94. The first-order valence-electron chi connectivity index (χ1n) is 5.80. The molecular weight excluding hydrogens is 262 g/mol. The Hall–Kier alpha value is -2.00. The third kappa shape index (κ3) is 2.56. The second-order valence-electron chi connectivity index (χ2n) is 4.47. The Morgan fingerprint density at radius 1 is 1.16 bits per heavy atom. The molecule has 1 unspecified atom stereocenters. The maximum atomic E-state index is 11.1. The van der Waals surface area contributed by atoms with Crippen LogP contribution in [0.15, 0.2) is 48.5 Å². The molecule has 0 spiro atoms. The van der Waals surface area contributed by atoms with Gasteiger partial charge in [0.25, 0.3) is 0 Å². The summed E-state index contributed by atoms with van der Waals surface area (Å²) >= 11 is 6.00. The smallest absolute Gasteiger partial charge is 0.329 e. The lowest BCUT2D eigenvalue weighted by Gasteiger charge is -2.17. The maximum Gasteiger partial charge on any atom is 0.329 e. The third-order valence-electron chi connectivity index (χ3n) is 3.10. The number of carboxylic acids is 1. The standard InChI is InChI=1S/C15H14ClNO2/c1-15(16,14(18)19)11-8-6-10(7-9-11)12-4-2-3-5-13(12)17/h2-9H,17H2,1H3,(H,18,19). The normalized spacial score (nSPS) is 13.8. The van der Waals surface area contributed by atoms with Crippen molar-refractivity contribution < 1.29 is 9.90 Å². The summed E-state index contributed by atoms with van der Waals surface area (Å²) < 4.78 is 0. The van der Waals surface area contributed by atoms with E-state index in [-0.39, 0.29) is 0 Å². The summed E-state index contributed by atoms with van der Waals surface area (Å²) in [5.74, 6) is -1.07. The van der Waals surface area contributed by atoms with Crippen LogP contribution in [-0.4, -0.2) is 11.1 Å². The van der Waals surface area contributed by atoms with Gasteiger partial charge in [0.2, 0.25) is 0 Å². The highest BCUT2D eigenvalue weighted by Crippen LogP contribution is 2.32. The molecule has 0 radical (unpaired) electrons. The van der Waals surface area contributed by atoms with E-state index in [4.69, 9.17) is 22.4 Å². The van der Waals surface area contributed by atoms with Crippen LogP contribution in [0.3, 0.4) is 0 Å². The molecule has 4 heteroatoms. The number of hydrogen-bond acceptors (Lipinski definition) is 2. The number of aliphatic carboxylic acids is 1. The zero-order chi connectivity index (χ0) is 14.0. The Kier molecular flexibility index (Phi) is 3.49.